The van der Waals surface area contributed by atoms with Gasteiger partial charge in [-0.2, -0.15) is 5.26 Å². The highest BCUT2D eigenvalue weighted by atomic mass is 32.2. The monoisotopic (exact) mass is 274 g/mol. The maximum absolute atomic E-state index is 9.35. The Morgan fingerprint density at radius 3 is 2.84 bits per heavy atom. The number of hydrogen-bond acceptors (Lipinski definition) is 3. The first-order valence-corrected chi connectivity index (χ1v) is 8.30. The number of nitrogens with one attached hydrogen (secondary N) is 1. The molecule has 2 unspecified atom stereocenters. The van der Waals surface area contributed by atoms with Crippen molar-refractivity contribution in [2.24, 2.45) is 5.92 Å². The van der Waals surface area contributed by atoms with Gasteiger partial charge in [0.2, 0.25) is 0 Å². The van der Waals surface area contributed by atoms with Crippen LogP contribution in [0.1, 0.15) is 44.6 Å². The average molecular weight is 274 g/mol. The van der Waals surface area contributed by atoms with Gasteiger partial charge in [-0.1, -0.05) is 25.8 Å². The van der Waals surface area contributed by atoms with Crippen molar-refractivity contribution in [1.29, 1.82) is 5.26 Å². The van der Waals surface area contributed by atoms with Gasteiger partial charge in [-0.05, 0) is 43.6 Å². The van der Waals surface area contributed by atoms with Gasteiger partial charge < -0.3 is 5.32 Å². The van der Waals surface area contributed by atoms with Crippen LogP contribution < -0.4 is 5.32 Å². The summed E-state index contributed by atoms with van der Waals surface area (Å²) in [6, 6.07) is 8.96. The first kappa shape index (κ1) is 14.3. The molecule has 19 heavy (non-hydrogen) atoms. The molecule has 1 aromatic carbocycles. The van der Waals surface area contributed by atoms with Crippen molar-refractivity contribution in [3.8, 4) is 6.07 Å². The predicted octanol–water partition coefficient (Wildman–Crippen LogP) is 4.66. The summed E-state index contributed by atoms with van der Waals surface area (Å²) in [4.78, 5) is 1.06. The Bertz CT molecular complexity index is 464. The second kappa shape index (κ2) is 6.86. The zero-order valence-electron chi connectivity index (χ0n) is 11.8. The van der Waals surface area contributed by atoms with E-state index in [9.17, 15) is 5.26 Å². The van der Waals surface area contributed by atoms with Crippen LogP contribution in [0, 0.1) is 17.2 Å². The van der Waals surface area contributed by atoms with Crippen molar-refractivity contribution in [1.82, 2.24) is 0 Å². The number of nitriles is 1. The predicted molar refractivity (Wildman–Crippen MR) is 82.6 cm³/mol. The summed E-state index contributed by atoms with van der Waals surface area (Å²) in [5.74, 6) is 0.847. The van der Waals surface area contributed by atoms with Crippen LogP contribution in [0.2, 0.25) is 0 Å². The third-order valence-corrected chi connectivity index (χ3v) is 4.76. The van der Waals surface area contributed by atoms with Crippen molar-refractivity contribution >= 4 is 17.4 Å². The van der Waals surface area contributed by atoms with E-state index in [0.717, 1.165) is 22.1 Å². The molecule has 2 nitrogen and oxygen atoms in total. The fourth-order valence-corrected chi connectivity index (χ4v) is 3.36. The highest BCUT2D eigenvalue weighted by Gasteiger charge is 2.17. The SMILES string of the molecule is CSc1cccc(NC2CCCC(C)CC2)c1C#N. The quantitative estimate of drug-likeness (QED) is 0.643. The van der Waals surface area contributed by atoms with Crippen LogP contribution in [0.25, 0.3) is 0 Å². The topological polar surface area (TPSA) is 35.8 Å². The Labute approximate surface area is 120 Å². The van der Waals surface area contributed by atoms with Crippen molar-refractivity contribution < 1.29 is 0 Å². The highest BCUT2D eigenvalue weighted by molar-refractivity contribution is 7.98. The van der Waals surface area contributed by atoms with Gasteiger partial charge in [-0.25, -0.2) is 0 Å². The number of rotatable bonds is 3. The lowest BCUT2D eigenvalue weighted by Crippen LogP contribution is -2.19. The van der Waals surface area contributed by atoms with Gasteiger partial charge in [-0.15, -0.1) is 11.8 Å². The van der Waals surface area contributed by atoms with Crippen LogP contribution in [0.4, 0.5) is 5.69 Å². The average Bonchev–Trinajstić information content (AvgIpc) is 2.63. The molecule has 0 amide bonds. The lowest BCUT2D eigenvalue weighted by atomic mass is 10.0. The van der Waals surface area contributed by atoms with Crippen LogP contribution in [-0.2, 0) is 0 Å². The second-order valence-corrected chi connectivity index (χ2v) is 6.30. The Morgan fingerprint density at radius 1 is 1.26 bits per heavy atom. The second-order valence-electron chi connectivity index (χ2n) is 5.45. The molecule has 0 heterocycles. The van der Waals surface area contributed by atoms with Crippen molar-refractivity contribution in [3.63, 3.8) is 0 Å². The van der Waals surface area contributed by atoms with E-state index in [1.54, 1.807) is 11.8 Å². The molecule has 0 aromatic heterocycles. The maximum Gasteiger partial charge on any atom is 0.102 e. The van der Waals surface area contributed by atoms with Crippen molar-refractivity contribution in [2.45, 2.75) is 50.0 Å². The van der Waals surface area contributed by atoms with Gasteiger partial charge in [0.15, 0.2) is 0 Å². The molecule has 0 saturated heterocycles. The third kappa shape index (κ3) is 3.67. The van der Waals surface area contributed by atoms with E-state index in [4.69, 9.17) is 0 Å². The van der Waals surface area contributed by atoms with E-state index in [0.29, 0.717) is 6.04 Å². The molecule has 2 atom stereocenters. The van der Waals surface area contributed by atoms with E-state index in [2.05, 4.69) is 18.3 Å². The molecular weight excluding hydrogens is 252 g/mol. The lowest BCUT2D eigenvalue weighted by molar-refractivity contribution is 0.502. The molecule has 0 aliphatic heterocycles. The van der Waals surface area contributed by atoms with E-state index >= 15 is 0 Å². The zero-order valence-corrected chi connectivity index (χ0v) is 12.6. The molecule has 1 fully saturated rings. The van der Waals surface area contributed by atoms with E-state index < -0.39 is 0 Å². The molecule has 1 aliphatic carbocycles. The summed E-state index contributed by atoms with van der Waals surface area (Å²) < 4.78 is 0. The van der Waals surface area contributed by atoms with E-state index in [1.165, 1.54) is 32.1 Å². The molecule has 3 heteroatoms. The summed E-state index contributed by atoms with van der Waals surface area (Å²) in [6.45, 7) is 2.34. The van der Waals surface area contributed by atoms with Crippen LogP contribution in [-0.4, -0.2) is 12.3 Å². The molecule has 102 valence electrons. The fourth-order valence-electron chi connectivity index (χ4n) is 2.79. The summed E-state index contributed by atoms with van der Waals surface area (Å²) in [5.41, 5.74) is 1.81. The Hall–Kier alpha value is -1.14. The minimum absolute atomic E-state index is 0.522. The van der Waals surface area contributed by atoms with Crippen molar-refractivity contribution in [3.05, 3.63) is 23.8 Å². The van der Waals surface area contributed by atoms with E-state index in [-0.39, 0.29) is 0 Å². The molecule has 1 aliphatic rings. The Kier molecular flexibility index (Phi) is 5.15. The van der Waals surface area contributed by atoms with Crippen LogP contribution >= 0.6 is 11.8 Å². The number of hydrogen-bond donors (Lipinski definition) is 1. The van der Waals surface area contributed by atoms with Gasteiger partial charge in [0.25, 0.3) is 0 Å². The smallest absolute Gasteiger partial charge is 0.102 e. The van der Waals surface area contributed by atoms with Gasteiger partial charge in [-0.3, -0.25) is 0 Å². The normalized spacial score (nSPS) is 23.4. The number of nitrogens with zero attached hydrogens (tertiary/aromatic N) is 1. The largest absolute Gasteiger partial charge is 0.381 e. The molecule has 1 saturated carbocycles. The number of thioether (sulfide) groups is 1. The van der Waals surface area contributed by atoms with Gasteiger partial charge in [0.1, 0.15) is 6.07 Å². The first-order valence-electron chi connectivity index (χ1n) is 7.08. The lowest BCUT2D eigenvalue weighted by Gasteiger charge is -2.19. The summed E-state index contributed by atoms with van der Waals surface area (Å²) in [5, 5.41) is 13.0. The maximum atomic E-state index is 9.35. The Morgan fingerprint density at radius 2 is 2.11 bits per heavy atom. The molecule has 0 spiro atoms. The zero-order chi connectivity index (χ0) is 13.7. The first-order chi connectivity index (χ1) is 9.24. The van der Waals surface area contributed by atoms with Crippen LogP contribution in [0.15, 0.2) is 23.1 Å². The Balaban J connectivity index is 2.12. The highest BCUT2D eigenvalue weighted by Crippen LogP contribution is 2.29. The van der Waals surface area contributed by atoms with E-state index in [1.807, 2.05) is 24.5 Å². The van der Waals surface area contributed by atoms with Gasteiger partial charge >= 0.3 is 0 Å². The molecule has 2 rings (SSSR count). The molecular formula is C16H22N2S. The summed E-state index contributed by atoms with van der Waals surface area (Å²) >= 11 is 1.64. The van der Waals surface area contributed by atoms with Crippen LogP contribution in [0.5, 0.6) is 0 Å². The van der Waals surface area contributed by atoms with Crippen molar-refractivity contribution in [2.75, 3.05) is 11.6 Å². The number of benzene rings is 1. The van der Waals surface area contributed by atoms with Gasteiger partial charge in [0.05, 0.1) is 11.3 Å². The summed E-state index contributed by atoms with van der Waals surface area (Å²) in [6.07, 6.45) is 8.39. The molecule has 1 aromatic rings. The molecule has 0 radical (unpaired) electrons. The standard InChI is InChI=1S/C16H22N2S/c1-12-5-3-6-13(10-9-12)18-15-7-4-8-16(19-2)14(15)11-17/h4,7-8,12-13,18H,3,5-6,9-10H2,1-2H3. The molecule has 0 bridgehead atoms. The number of anilines is 1. The van der Waals surface area contributed by atoms with Crippen LogP contribution in [0.3, 0.4) is 0 Å². The third-order valence-electron chi connectivity index (χ3n) is 3.98. The summed E-state index contributed by atoms with van der Waals surface area (Å²) in [7, 11) is 0. The fraction of sp³-hybridized carbons (Fsp3) is 0.562. The van der Waals surface area contributed by atoms with Gasteiger partial charge in [0, 0.05) is 10.9 Å². The molecule has 1 N–H and O–H groups in total. The minimum atomic E-state index is 0.522. The minimum Gasteiger partial charge on any atom is -0.381 e.